The molecule has 2 aliphatic carbocycles. The second-order valence-corrected chi connectivity index (χ2v) is 9.69. The van der Waals surface area contributed by atoms with E-state index in [1.54, 1.807) is 13.0 Å². The number of aliphatic hydroxyl groups is 1. The van der Waals surface area contributed by atoms with Crippen molar-refractivity contribution < 1.29 is 19.4 Å². The van der Waals surface area contributed by atoms with Gasteiger partial charge in [-0.3, -0.25) is 9.59 Å². The van der Waals surface area contributed by atoms with Crippen molar-refractivity contribution in [3.63, 3.8) is 0 Å². The Morgan fingerprint density at radius 2 is 2.04 bits per heavy atom. The van der Waals surface area contributed by atoms with E-state index in [9.17, 15) is 14.7 Å². The smallest absolute Gasteiger partial charge is 0.303 e. The number of carbonyl (C=O) groups is 2. The van der Waals surface area contributed by atoms with Crippen LogP contribution in [0.2, 0.25) is 0 Å². The molecule has 6 atom stereocenters. The largest absolute Gasteiger partial charge is 0.458 e. The van der Waals surface area contributed by atoms with Crippen molar-refractivity contribution in [3.8, 4) is 0 Å². The first kappa shape index (κ1) is 22.9. The summed E-state index contributed by atoms with van der Waals surface area (Å²) < 4.78 is 5.76. The molecule has 0 spiro atoms. The highest BCUT2D eigenvalue weighted by atomic mass is 16.5. The molecule has 0 amide bonds. The lowest BCUT2D eigenvalue weighted by Gasteiger charge is -2.54. The van der Waals surface area contributed by atoms with Crippen LogP contribution in [0.25, 0.3) is 0 Å². The van der Waals surface area contributed by atoms with Crippen molar-refractivity contribution in [2.24, 2.45) is 22.7 Å². The molecule has 0 radical (unpaired) electrons. The highest BCUT2D eigenvalue weighted by Gasteiger charge is 2.54. The van der Waals surface area contributed by atoms with Crippen LogP contribution in [-0.4, -0.2) is 28.6 Å². The number of esters is 1. The lowest BCUT2D eigenvalue weighted by molar-refractivity contribution is -0.149. The number of carbonyl (C=O) groups excluding carboxylic acids is 2. The topological polar surface area (TPSA) is 63.6 Å². The van der Waals surface area contributed by atoms with Gasteiger partial charge in [0.2, 0.25) is 0 Å². The Morgan fingerprint density at radius 3 is 2.54 bits per heavy atom. The summed E-state index contributed by atoms with van der Waals surface area (Å²) in [7, 11) is 0. The first-order valence-electron chi connectivity index (χ1n) is 10.6. The lowest BCUT2D eigenvalue weighted by atomic mass is 9.51. The van der Waals surface area contributed by atoms with Crippen LogP contribution in [-0.2, 0) is 14.3 Å². The van der Waals surface area contributed by atoms with Crippen molar-refractivity contribution in [2.75, 3.05) is 0 Å². The lowest BCUT2D eigenvalue weighted by Crippen LogP contribution is -2.51. The number of ketones is 1. The zero-order valence-electron chi connectivity index (χ0n) is 18.7. The Labute approximate surface area is 170 Å². The molecular formula is C24H38O4. The summed E-state index contributed by atoms with van der Waals surface area (Å²) in [6, 6.07) is 0. The second-order valence-electron chi connectivity index (χ2n) is 9.69. The molecule has 4 nitrogen and oxygen atoms in total. The van der Waals surface area contributed by atoms with Gasteiger partial charge in [0.15, 0.2) is 0 Å². The molecule has 0 heterocycles. The van der Waals surface area contributed by atoms with Gasteiger partial charge in [-0.25, -0.2) is 0 Å². The maximum Gasteiger partial charge on any atom is 0.303 e. The summed E-state index contributed by atoms with van der Waals surface area (Å²) in [4.78, 5) is 24.8. The maximum absolute atomic E-state index is 12.9. The number of hydrogen-bond donors (Lipinski definition) is 1. The molecule has 0 aliphatic heterocycles. The first-order chi connectivity index (χ1) is 12.8. The molecule has 2 unspecified atom stereocenters. The zero-order chi connectivity index (χ0) is 21.5. The normalized spacial score (nSPS) is 36.4. The van der Waals surface area contributed by atoms with Gasteiger partial charge in [-0.2, -0.15) is 0 Å². The van der Waals surface area contributed by atoms with Gasteiger partial charge in [0.1, 0.15) is 11.9 Å². The molecule has 0 bridgehead atoms. The molecular weight excluding hydrogens is 352 g/mol. The molecule has 4 heteroatoms. The molecule has 2 rings (SSSR count). The van der Waals surface area contributed by atoms with E-state index in [-0.39, 0.29) is 35.1 Å². The molecule has 0 aromatic rings. The Morgan fingerprint density at radius 1 is 1.43 bits per heavy atom. The maximum atomic E-state index is 12.9. The SMILES string of the molecule is C=CC(C)(O)CC(C)[C@]1(C)C2=C([C@H](OC(C)=O)C[C@@H]1C)[C@@](C)(CC)C(=O)CC2. The molecule has 0 fully saturated rings. The Kier molecular flexibility index (Phi) is 6.35. The third-order valence-corrected chi connectivity index (χ3v) is 7.90. The Bertz CT molecular complexity index is 689. The van der Waals surface area contributed by atoms with Crippen molar-refractivity contribution in [3.05, 3.63) is 23.8 Å². The average Bonchev–Trinajstić information content (AvgIpc) is 2.60. The Balaban J connectivity index is 2.66. The minimum Gasteiger partial charge on any atom is -0.458 e. The summed E-state index contributed by atoms with van der Waals surface area (Å²) in [6.07, 6.45) is 4.52. The molecule has 0 aromatic heterocycles. The quantitative estimate of drug-likeness (QED) is 0.512. The van der Waals surface area contributed by atoms with Crippen LogP contribution in [0.3, 0.4) is 0 Å². The van der Waals surface area contributed by atoms with E-state index in [2.05, 4.69) is 27.4 Å². The fraction of sp³-hybridized carbons (Fsp3) is 0.750. The van der Waals surface area contributed by atoms with E-state index in [1.807, 2.05) is 13.8 Å². The van der Waals surface area contributed by atoms with Crippen LogP contribution in [0.1, 0.15) is 80.6 Å². The minimum atomic E-state index is -0.936. The second kappa shape index (κ2) is 7.78. The number of ether oxygens (including phenoxy) is 1. The summed E-state index contributed by atoms with van der Waals surface area (Å²) in [5.41, 5.74) is 0.612. The average molecular weight is 391 g/mol. The molecule has 0 aromatic carbocycles. The monoisotopic (exact) mass is 390 g/mol. The van der Waals surface area contributed by atoms with Crippen molar-refractivity contribution in [1.82, 2.24) is 0 Å². The molecule has 1 N–H and O–H groups in total. The number of allylic oxidation sites excluding steroid dienone is 1. The first-order valence-corrected chi connectivity index (χ1v) is 10.6. The van der Waals surface area contributed by atoms with Gasteiger partial charge in [-0.1, -0.05) is 39.3 Å². The molecule has 0 saturated heterocycles. The van der Waals surface area contributed by atoms with Crippen LogP contribution in [0, 0.1) is 22.7 Å². The third-order valence-electron chi connectivity index (χ3n) is 7.90. The summed E-state index contributed by atoms with van der Waals surface area (Å²) in [5, 5.41) is 10.6. The third kappa shape index (κ3) is 3.72. The van der Waals surface area contributed by atoms with E-state index >= 15 is 0 Å². The standard InChI is InChI=1S/C24H38O4/c1-9-22(6,27)14-16(4)24(8)15(3)13-19(28-17(5)25)21-18(24)11-12-20(26)23(21,7)10-2/h9,15-16,19,27H,1,10-14H2,2-8H3/t15-,16?,19+,22?,23-,24+/m0/s1. The van der Waals surface area contributed by atoms with Gasteiger partial charge in [-0.05, 0) is 62.4 Å². The van der Waals surface area contributed by atoms with E-state index in [0.29, 0.717) is 32.1 Å². The van der Waals surface area contributed by atoms with E-state index in [0.717, 1.165) is 5.57 Å². The van der Waals surface area contributed by atoms with Gasteiger partial charge in [0.05, 0.1) is 11.0 Å². The minimum absolute atomic E-state index is 0.171. The molecule has 2 aliphatic rings. The zero-order valence-corrected chi connectivity index (χ0v) is 18.7. The van der Waals surface area contributed by atoms with Crippen LogP contribution >= 0.6 is 0 Å². The number of rotatable bonds is 6. The summed E-state index contributed by atoms with van der Waals surface area (Å²) in [5.74, 6) is 0.397. The van der Waals surface area contributed by atoms with Gasteiger partial charge < -0.3 is 9.84 Å². The predicted octanol–water partition coefficient (Wildman–Crippen LogP) is 5.00. The van der Waals surface area contributed by atoms with Gasteiger partial charge in [-0.15, -0.1) is 6.58 Å². The van der Waals surface area contributed by atoms with Gasteiger partial charge in [0.25, 0.3) is 0 Å². The summed E-state index contributed by atoms with van der Waals surface area (Å²) >= 11 is 0. The molecule has 0 saturated carbocycles. The molecule has 28 heavy (non-hydrogen) atoms. The molecule has 158 valence electrons. The highest BCUT2D eigenvalue weighted by molar-refractivity contribution is 5.90. The van der Waals surface area contributed by atoms with Crippen LogP contribution in [0.5, 0.6) is 0 Å². The van der Waals surface area contributed by atoms with Crippen LogP contribution in [0.4, 0.5) is 0 Å². The van der Waals surface area contributed by atoms with E-state index in [4.69, 9.17) is 4.74 Å². The van der Waals surface area contributed by atoms with E-state index in [1.165, 1.54) is 12.5 Å². The highest BCUT2D eigenvalue weighted by Crippen LogP contribution is 2.59. The van der Waals surface area contributed by atoms with E-state index < -0.39 is 11.0 Å². The predicted molar refractivity (Wildman–Crippen MR) is 112 cm³/mol. The fourth-order valence-corrected chi connectivity index (χ4v) is 5.62. The Hall–Kier alpha value is -1.42. The van der Waals surface area contributed by atoms with Crippen LogP contribution in [0.15, 0.2) is 23.8 Å². The van der Waals surface area contributed by atoms with Crippen molar-refractivity contribution in [1.29, 1.82) is 0 Å². The van der Waals surface area contributed by atoms with Crippen molar-refractivity contribution in [2.45, 2.75) is 92.3 Å². The van der Waals surface area contributed by atoms with Gasteiger partial charge in [0, 0.05) is 13.3 Å². The van der Waals surface area contributed by atoms with Crippen molar-refractivity contribution >= 4 is 11.8 Å². The summed E-state index contributed by atoms with van der Waals surface area (Å²) in [6.45, 7) is 17.7. The fourth-order valence-electron chi connectivity index (χ4n) is 5.62. The van der Waals surface area contributed by atoms with Gasteiger partial charge >= 0.3 is 5.97 Å². The number of Topliss-reactive ketones (excluding diaryl/α,β-unsaturated/α-hetero) is 1. The van der Waals surface area contributed by atoms with Crippen LogP contribution < -0.4 is 0 Å². The number of hydrogen-bond acceptors (Lipinski definition) is 4.